The Labute approximate surface area is 157 Å². The van der Waals surface area contributed by atoms with Crippen LogP contribution in [-0.4, -0.2) is 56.3 Å². The van der Waals surface area contributed by atoms with E-state index >= 15 is 0 Å². The molecule has 0 aromatic heterocycles. The van der Waals surface area contributed by atoms with E-state index in [0.717, 1.165) is 25.7 Å². The Morgan fingerprint density at radius 3 is 2.12 bits per heavy atom. The number of nitrogens with zero attached hydrogens (tertiary/aromatic N) is 2. The molecule has 0 saturated carbocycles. The molecule has 26 heavy (non-hydrogen) atoms. The third-order valence-electron chi connectivity index (χ3n) is 4.92. The number of carbonyl (C=O) groups excluding carboxylic acids is 1. The van der Waals surface area contributed by atoms with Crippen LogP contribution in [-0.2, 0) is 10.0 Å². The average molecular weight is 382 g/mol. The highest BCUT2D eigenvalue weighted by molar-refractivity contribution is 7.89. The minimum absolute atomic E-state index is 0.0385. The van der Waals surface area contributed by atoms with Gasteiger partial charge in [0.2, 0.25) is 10.0 Å². The molecule has 1 aliphatic heterocycles. The topological polar surface area (TPSA) is 83.7 Å². The minimum atomic E-state index is -3.51. The van der Waals surface area contributed by atoms with Crippen LogP contribution < -0.4 is 5.73 Å². The van der Waals surface area contributed by atoms with Gasteiger partial charge in [0.1, 0.15) is 0 Å². The van der Waals surface area contributed by atoms with Crippen molar-refractivity contribution in [1.82, 2.24) is 9.21 Å². The molecule has 1 aromatic carbocycles. The van der Waals surface area contributed by atoms with E-state index < -0.39 is 10.0 Å². The molecule has 1 fully saturated rings. The van der Waals surface area contributed by atoms with Crippen LogP contribution in [0.25, 0.3) is 0 Å². The Kier molecular flexibility index (Phi) is 7.61. The molecule has 0 atom stereocenters. The fraction of sp³-hybridized carbons (Fsp3) is 0.632. The molecular weight excluding hydrogens is 350 g/mol. The van der Waals surface area contributed by atoms with Crippen LogP contribution in [0.15, 0.2) is 29.2 Å². The van der Waals surface area contributed by atoms with Crippen molar-refractivity contribution in [3.05, 3.63) is 29.8 Å². The lowest BCUT2D eigenvalue weighted by Crippen LogP contribution is -2.40. The van der Waals surface area contributed by atoms with Gasteiger partial charge in [0.25, 0.3) is 5.91 Å². The van der Waals surface area contributed by atoms with Crippen molar-refractivity contribution in [2.24, 2.45) is 11.7 Å². The fourth-order valence-corrected chi connectivity index (χ4v) is 4.95. The van der Waals surface area contributed by atoms with Crippen LogP contribution in [0, 0.1) is 5.92 Å². The molecule has 0 spiro atoms. The predicted molar refractivity (Wildman–Crippen MR) is 103 cm³/mol. The lowest BCUT2D eigenvalue weighted by atomic mass is 9.96. The zero-order valence-electron chi connectivity index (χ0n) is 15.9. The van der Waals surface area contributed by atoms with E-state index in [1.54, 1.807) is 24.3 Å². The first-order chi connectivity index (χ1) is 12.4. The van der Waals surface area contributed by atoms with Crippen molar-refractivity contribution in [3.8, 4) is 0 Å². The molecule has 0 bridgehead atoms. The van der Waals surface area contributed by atoms with Crippen molar-refractivity contribution in [2.75, 3.05) is 32.7 Å². The molecule has 0 aliphatic carbocycles. The maximum atomic E-state index is 12.8. The van der Waals surface area contributed by atoms with Gasteiger partial charge in [-0.05, 0) is 62.4 Å². The Morgan fingerprint density at radius 1 is 1.12 bits per heavy atom. The van der Waals surface area contributed by atoms with Gasteiger partial charge in [0, 0.05) is 31.7 Å². The van der Waals surface area contributed by atoms with Crippen molar-refractivity contribution >= 4 is 15.9 Å². The summed E-state index contributed by atoms with van der Waals surface area (Å²) in [5, 5.41) is 0. The average Bonchev–Trinajstić information content (AvgIpc) is 2.67. The number of hydrogen-bond acceptors (Lipinski definition) is 4. The fourth-order valence-electron chi connectivity index (χ4n) is 3.32. The van der Waals surface area contributed by atoms with Gasteiger partial charge in [-0.25, -0.2) is 8.42 Å². The standard InChI is InChI=1S/C19H31N3O3S/c1-3-11-22(12-4-2)26(24,25)18-7-5-17(6-8-18)19(23)21-13-9-16(15-20)10-14-21/h5-8,16H,3-4,9-15,20H2,1-2H3. The van der Waals surface area contributed by atoms with E-state index in [4.69, 9.17) is 5.73 Å². The van der Waals surface area contributed by atoms with Gasteiger partial charge < -0.3 is 10.6 Å². The van der Waals surface area contributed by atoms with E-state index in [0.29, 0.717) is 44.2 Å². The molecule has 2 rings (SSSR count). The molecule has 0 radical (unpaired) electrons. The number of sulfonamides is 1. The first-order valence-electron chi connectivity index (χ1n) is 9.53. The van der Waals surface area contributed by atoms with Crippen LogP contribution in [0.5, 0.6) is 0 Å². The SMILES string of the molecule is CCCN(CCC)S(=O)(=O)c1ccc(C(=O)N2CCC(CN)CC2)cc1. The van der Waals surface area contributed by atoms with E-state index in [2.05, 4.69) is 0 Å². The molecule has 0 unspecified atom stereocenters. The molecule has 1 aliphatic rings. The molecule has 6 nitrogen and oxygen atoms in total. The van der Waals surface area contributed by atoms with Crippen LogP contribution in [0.2, 0.25) is 0 Å². The molecule has 146 valence electrons. The van der Waals surface area contributed by atoms with Crippen LogP contribution >= 0.6 is 0 Å². The number of benzene rings is 1. The Balaban J connectivity index is 2.11. The van der Waals surface area contributed by atoms with Crippen molar-refractivity contribution in [2.45, 2.75) is 44.4 Å². The maximum Gasteiger partial charge on any atom is 0.253 e. The normalized spacial score (nSPS) is 16.2. The second kappa shape index (κ2) is 9.48. The number of piperidine rings is 1. The van der Waals surface area contributed by atoms with Crippen molar-refractivity contribution in [3.63, 3.8) is 0 Å². The summed E-state index contributed by atoms with van der Waals surface area (Å²) >= 11 is 0. The summed E-state index contributed by atoms with van der Waals surface area (Å²) in [4.78, 5) is 14.7. The van der Waals surface area contributed by atoms with Crippen LogP contribution in [0.1, 0.15) is 49.9 Å². The highest BCUT2D eigenvalue weighted by Crippen LogP contribution is 2.21. The molecule has 1 aromatic rings. The third kappa shape index (κ3) is 4.84. The first-order valence-corrected chi connectivity index (χ1v) is 11.0. The van der Waals surface area contributed by atoms with Crippen molar-refractivity contribution in [1.29, 1.82) is 0 Å². The summed E-state index contributed by atoms with van der Waals surface area (Å²) in [6.07, 6.45) is 3.40. The Morgan fingerprint density at radius 2 is 1.65 bits per heavy atom. The summed E-state index contributed by atoms with van der Waals surface area (Å²) in [7, 11) is -3.51. The predicted octanol–water partition coefficient (Wildman–Crippen LogP) is 2.31. The summed E-state index contributed by atoms with van der Waals surface area (Å²) in [5.41, 5.74) is 6.23. The number of carbonyl (C=O) groups is 1. The quantitative estimate of drug-likeness (QED) is 0.749. The minimum Gasteiger partial charge on any atom is -0.339 e. The Bertz CT molecular complexity index is 674. The lowest BCUT2D eigenvalue weighted by Gasteiger charge is -2.31. The summed E-state index contributed by atoms with van der Waals surface area (Å²) < 4.78 is 27.1. The molecule has 1 heterocycles. The molecule has 1 saturated heterocycles. The third-order valence-corrected chi connectivity index (χ3v) is 6.83. The van der Waals surface area contributed by atoms with Crippen LogP contribution in [0.3, 0.4) is 0 Å². The van der Waals surface area contributed by atoms with E-state index in [-0.39, 0.29) is 10.8 Å². The smallest absolute Gasteiger partial charge is 0.253 e. The molecule has 2 N–H and O–H groups in total. The second-order valence-corrected chi connectivity index (χ2v) is 8.84. The van der Waals surface area contributed by atoms with Gasteiger partial charge >= 0.3 is 0 Å². The lowest BCUT2D eigenvalue weighted by molar-refractivity contribution is 0.0693. The van der Waals surface area contributed by atoms with E-state index in [1.165, 1.54) is 4.31 Å². The van der Waals surface area contributed by atoms with Gasteiger partial charge in [-0.15, -0.1) is 0 Å². The Hall–Kier alpha value is -1.44. The highest BCUT2D eigenvalue weighted by Gasteiger charge is 2.25. The zero-order valence-corrected chi connectivity index (χ0v) is 16.7. The van der Waals surface area contributed by atoms with Crippen molar-refractivity contribution < 1.29 is 13.2 Å². The monoisotopic (exact) mass is 381 g/mol. The molecule has 1 amide bonds. The largest absolute Gasteiger partial charge is 0.339 e. The highest BCUT2D eigenvalue weighted by atomic mass is 32.2. The van der Waals surface area contributed by atoms with Gasteiger partial charge in [0.15, 0.2) is 0 Å². The number of rotatable bonds is 8. The zero-order chi connectivity index (χ0) is 19.2. The van der Waals surface area contributed by atoms with Crippen LogP contribution in [0.4, 0.5) is 0 Å². The van der Waals surface area contributed by atoms with Gasteiger partial charge in [-0.3, -0.25) is 4.79 Å². The summed E-state index contributed by atoms with van der Waals surface area (Å²) in [6.45, 7) is 7.03. The van der Waals surface area contributed by atoms with E-state index in [9.17, 15) is 13.2 Å². The second-order valence-electron chi connectivity index (χ2n) is 6.90. The number of amides is 1. The van der Waals surface area contributed by atoms with E-state index in [1.807, 2.05) is 18.7 Å². The summed E-state index contributed by atoms with van der Waals surface area (Å²) in [6, 6.07) is 6.35. The number of nitrogens with two attached hydrogens (primary N) is 1. The number of hydrogen-bond donors (Lipinski definition) is 1. The summed E-state index contributed by atoms with van der Waals surface area (Å²) in [5.74, 6) is 0.457. The maximum absolute atomic E-state index is 12.8. The molecular formula is C19H31N3O3S. The van der Waals surface area contributed by atoms with Gasteiger partial charge in [-0.1, -0.05) is 13.8 Å². The molecule has 7 heteroatoms. The number of likely N-dealkylation sites (tertiary alicyclic amines) is 1. The first kappa shape index (κ1) is 20.9. The van der Waals surface area contributed by atoms with Gasteiger partial charge in [0.05, 0.1) is 4.90 Å². The van der Waals surface area contributed by atoms with Gasteiger partial charge in [-0.2, -0.15) is 4.31 Å².